The molecule has 0 aliphatic carbocycles. The van der Waals surface area contributed by atoms with Gasteiger partial charge in [0.2, 0.25) is 0 Å². The number of aromatic nitrogens is 3. The molecule has 0 radical (unpaired) electrons. The zero-order valence-corrected chi connectivity index (χ0v) is 11.1. The SMILES string of the molecule is CCn1ncc(Cl)c1C(NN)c1ccc(C)nc1. The van der Waals surface area contributed by atoms with Crippen LogP contribution in [0.3, 0.4) is 0 Å². The molecule has 0 amide bonds. The minimum absolute atomic E-state index is 0.215. The summed E-state index contributed by atoms with van der Waals surface area (Å²) in [7, 11) is 0. The predicted octanol–water partition coefficient (Wildman–Crippen LogP) is 1.81. The molecule has 0 bridgehead atoms. The van der Waals surface area contributed by atoms with Gasteiger partial charge in [0.15, 0.2) is 0 Å². The maximum absolute atomic E-state index is 6.18. The number of nitrogens with two attached hydrogens (primary N) is 1. The van der Waals surface area contributed by atoms with Crippen LogP contribution in [0.15, 0.2) is 24.5 Å². The smallest absolute Gasteiger partial charge is 0.0908 e. The largest absolute Gasteiger partial charge is 0.271 e. The molecule has 3 N–H and O–H groups in total. The summed E-state index contributed by atoms with van der Waals surface area (Å²) in [5.41, 5.74) is 5.55. The van der Waals surface area contributed by atoms with Crippen molar-refractivity contribution < 1.29 is 0 Å². The van der Waals surface area contributed by atoms with Crippen molar-refractivity contribution in [1.29, 1.82) is 0 Å². The molecule has 0 spiro atoms. The van der Waals surface area contributed by atoms with Gasteiger partial charge in [-0.1, -0.05) is 17.7 Å². The van der Waals surface area contributed by atoms with E-state index in [1.165, 1.54) is 0 Å². The molecule has 2 aromatic heterocycles. The maximum Gasteiger partial charge on any atom is 0.0908 e. The van der Waals surface area contributed by atoms with Crippen LogP contribution in [0.2, 0.25) is 5.02 Å². The normalized spacial score (nSPS) is 12.7. The Morgan fingerprint density at radius 2 is 2.22 bits per heavy atom. The Hall–Kier alpha value is -1.43. The third-order valence-corrected chi connectivity index (χ3v) is 3.13. The zero-order valence-electron chi connectivity index (χ0n) is 10.4. The molecule has 18 heavy (non-hydrogen) atoms. The molecule has 0 aliphatic rings. The summed E-state index contributed by atoms with van der Waals surface area (Å²) in [5.74, 6) is 5.65. The predicted molar refractivity (Wildman–Crippen MR) is 71.1 cm³/mol. The Kier molecular flexibility index (Phi) is 3.96. The lowest BCUT2D eigenvalue weighted by molar-refractivity contribution is 0.542. The number of hydrogen-bond acceptors (Lipinski definition) is 4. The number of nitrogens with zero attached hydrogens (tertiary/aromatic N) is 3. The second-order valence-corrected chi connectivity index (χ2v) is 4.43. The molecule has 0 fully saturated rings. The highest BCUT2D eigenvalue weighted by Crippen LogP contribution is 2.27. The molecule has 1 unspecified atom stereocenters. The van der Waals surface area contributed by atoms with Crippen LogP contribution in [0, 0.1) is 6.92 Å². The first kappa shape index (κ1) is 13.0. The number of nitrogens with one attached hydrogen (secondary N) is 1. The summed E-state index contributed by atoms with van der Waals surface area (Å²) >= 11 is 6.18. The summed E-state index contributed by atoms with van der Waals surface area (Å²) in [4.78, 5) is 4.27. The van der Waals surface area contributed by atoms with Gasteiger partial charge in [0, 0.05) is 18.4 Å². The van der Waals surface area contributed by atoms with Crippen molar-refractivity contribution in [3.63, 3.8) is 0 Å². The van der Waals surface area contributed by atoms with Crippen LogP contribution in [0.5, 0.6) is 0 Å². The van der Waals surface area contributed by atoms with Crippen LogP contribution in [-0.2, 0) is 6.54 Å². The molecule has 0 saturated carbocycles. The third-order valence-electron chi connectivity index (χ3n) is 2.84. The van der Waals surface area contributed by atoms with Crippen LogP contribution in [0.1, 0.15) is 29.9 Å². The first-order valence-electron chi connectivity index (χ1n) is 5.77. The quantitative estimate of drug-likeness (QED) is 0.654. The van der Waals surface area contributed by atoms with Crippen molar-refractivity contribution in [2.24, 2.45) is 5.84 Å². The fraction of sp³-hybridized carbons (Fsp3) is 0.333. The van der Waals surface area contributed by atoms with E-state index in [1.54, 1.807) is 12.4 Å². The van der Waals surface area contributed by atoms with Gasteiger partial charge in [-0.25, -0.2) is 5.43 Å². The van der Waals surface area contributed by atoms with Gasteiger partial charge in [0.25, 0.3) is 0 Å². The molecule has 2 rings (SSSR count). The Morgan fingerprint density at radius 3 is 2.78 bits per heavy atom. The van der Waals surface area contributed by atoms with Gasteiger partial charge < -0.3 is 0 Å². The van der Waals surface area contributed by atoms with E-state index in [4.69, 9.17) is 17.4 Å². The van der Waals surface area contributed by atoms with Gasteiger partial charge in [-0.05, 0) is 25.5 Å². The summed E-state index contributed by atoms with van der Waals surface area (Å²) in [5, 5.41) is 4.81. The number of hydrogen-bond donors (Lipinski definition) is 2. The molecular formula is C12H16ClN5. The van der Waals surface area contributed by atoms with E-state index in [2.05, 4.69) is 15.5 Å². The Bertz CT molecular complexity index is 520. The average molecular weight is 266 g/mol. The minimum atomic E-state index is -0.215. The highest BCUT2D eigenvalue weighted by Gasteiger charge is 2.20. The van der Waals surface area contributed by atoms with E-state index in [0.717, 1.165) is 23.5 Å². The number of pyridine rings is 1. The molecule has 2 heterocycles. The van der Waals surface area contributed by atoms with E-state index in [9.17, 15) is 0 Å². The lowest BCUT2D eigenvalue weighted by Gasteiger charge is -2.18. The van der Waals surface area contributed by atoms with Crippen LogP contribution >= 0.6 is 11.6 Å². The Labute approximate surface area is 111 Å². The first-order chi connectivity index (χ1) is 8.67. The summed E-state index contributed by atoms with van der Waals surface area (Å²) in [6, 6.07) is 3.71. The van der Waals surface area contributed by atoms with Crippen molar-refractivity contribution in [2.75, 3.05) is 0 Å². The maximum atomic E-state index is 6.18. The molecule has 5 nitrogen and oxygen atoms in total. The monoisotopic (exact) mass is 265 g/mol. The summed E-state index contributed by atoms with van der Waals surface area (Å²) < 4.78 is 1.83. The number of aryl methyl sites for hydroxylation is 2. The standard InChI is InChI=1S/C12H16ClN5/c1-3-18-12(10(13)7-16-18)11(17-14)9-5-4-8(2)15-6-9/h4-7,11,17H,3,14H2,1-2H3. The van der Waals surface area contributed by atoms with E-state index in [0.29, 0.717) is 5.02 Å². The second-order valence-electron chi connectivity index (χ2n) is 4.03. The molecule has 0 aliphatic heterocycles. The number of hydrazine groups is 1. The zero-order chi connectivity index (χ0) is 13.1. The molecule has 1 atom stereocenters. The van der Waals surface area contributed by atoms with Gasteiger partial charge in [0.05, 0.1) is 23.0 Å². The van der Waals surface area contributed by atoms with Gasteiger partial charge >= 0.3 is 0 Å². The average Bonchev–Trinajstić information content (AvgIpc) is 2.74. The minimum Gasteiger partial charge on any atom is -0.271 e. The van der Waals surface area contributed by atoms with Crippen LogP contribution < -0.4 is 11.3 Å². The second kappa shape index (κ2) is 5.48. The number of rotatable bonds is 4. The molecule has 96 valence electrons. The van der Waals surface area contributed by atoms with Crippen molar-refractivity contribution in [3.05, 3.63) is 46.5 Å². The van der Waals surface area contributed by atoms with Crippen LogP contribution in [0.25, 0.3) is 0 Å². The van der Waals surface area contributed by atoms with Crippen molar-refractivity contribution >= 4 is 11.6 Å². The molecule has 0 aromatic carbocycles. The highest BCUT2D eigenvalue weighted by molar-refractivity contribution is 6.31. The Balaban J connectivity index is 2.44. The summed E-state index contributed by atoms with van der Waals surface area (Å²) in [6.45, 7) is 4.69. The summed E-state index contributed by atoms with van der Waals surface area (Å²) in [6.07, 6.45) is 3.43. The van der Waals surface area contributed by atoms with E-state index >= 15 is 0 Å². The van der Waals surface area contributed by atoms with Gasteiger partial charge in [-0.2, -0.15) is 5.10 Å². The fourth-order valence-electron chi connectivity index (χ4n) is 1.89. The lowest BCUT2D eigenvalue weighted by atomic mass is 10.1. The molecule has 2 aromatic rings. The van der Waals surface area contributed by atoms with Gasteiger partial charge in [-0.3, -0.25) is 15.5 Å². The first-order valence-corrected chi connectivity index (χ1v) is 6.15. The van der Waals surface area contributed by atoms with Crippen molar-refractivity contribution in [3.8, 4) is 0 Å². The lowest BCUT2D eigenvalue weighted by Crippen LogP contribution is -2.31. The molecule has 0 saturated heterocycles. The Morgan fingerprint density at radius 1 is 1.44 bits per heavy atom. The van der Waals surface area contributed by atoms with Crippen molar-refractivity contribution in [1.82, 2.24) is 20.2 Å². The molecular weight excluding hydrogens is 250 g/mol. The third kappa shape index (κ3) is 2.38. The van der Waals surface area contributed by atoms with Crippen LogP contribution in [0.4, 0.5) is 0 Å². The number of halogens is 1. The van der Waals surface area contributed by atoms with Crippen molar-refractivity contribution in [2.45, 2.75) is 26.4 Å². The van der Waals surface area contributed by atoms with Gasteiger partial charge in [0.1, 0.15) is 0 Å². The highest BCUT2D eigenvalue weighted by atomic mass is 35.5. The van der Waals surface area contributed by atoms with E-state index in [1.807, 2.05) is 30.7 Å². The van der Waals surface area contributed by atoms with Crippen LogP contribution in [-0.4, -0.2) is 14.8 Å². The molecule has 6 heteroatoms. The van der Waals surface area contributed by atoms with E-state index < -0.39 is 0 Å². The van der Waals surface area contributed by atoms with E-state index in [-0.39, 0.29) is 6.04 Å². The van der Waals surface area contributed by atoms with Gasteiger partial charge in [-0.15, -0.1) is 0 Å². The fourth-order valence-corrected chi connectivity index (χ4v) is 2.14. The topological polar surface area (TPSA) is 68.8 Å².